The van der Waals surface area contributed by atoms with Crippen molar-refractivity contribution in [1.82, 2.24) is 9.47 Å². The number of halogens is 2. The molecule has 4 heterocycles. The molecule has 1 aromatic heterocycles. The van der Waals surface area contributed by atoms with Gasteiger partial charge in [-0.3, -0.25) is 19.4 Å². The first-order valence-electron chi connectivity index (χ1n) is 14.6. The van der Waals surface area contributed by atoms with Crippen LogP contribution in [0.3, 0.4) is 0 Å². The highest BCUT2D eigenvalue weighted by Crippen LogP contribution is 2.46. The molecule has 2 aromatic carbocycles. The van der Waals surface area contributed by atoms with Gasteiger partial charge in [0.05, 0.1) is 30.4 Å². The number of ether oxygens (including phenoxy) is 1. The first-order valence-corrected chi connectivity index (χ1v) is 14.6. The molecule has 1 aliphatic carbocycles. The molecule has 3 aromatic rings. The number of likely N-dealkylation sites (tertiary alicyclic amines) is 1. The van der Waals surface area contributed by atoms with E-state index in [2.05, 4.69) is 10.1 Å². The van der Waals surface area contributed by atoms with Gasteiger partial charge in [0.1, 0.15) is 24.2 Å². The van der Waals surface area contributed by atoms with Crippen molar-refractivity contribution in [2.45, 2.75) is 37.8 Å². The van der Waals surface area contributed by atoms with Crippen LogP contribution >= 0.6 is 0 Å². The lowest BCUT2D eigenvalue weighted by atomic mass is 9.92. The molecule has 2 atom stereocenters. The van der Waals surface area contributed by atoms with Gasteiger partial charge in [-0.15, -0.1) is 0 Å². The molecule has 1 N–H and O–H groups in total. The van der Waals surface area contributed by atoms with Gasteiger partial charge < -0.3 is 24.1 Å². The van der Waals surface area contributed by atoms with E-state index in [1.54, 1.807) is 15.5 Å². The molecule has 0 unspecified atom stereocenters. The summed E-state index contributed by atoms with van der Waals surface area (Å²) in [5, 5.41) is 13.5. The number of piperidine rings is 1. The molecule has 4 aliphatic rings. The first kappa shape index (κ1) is 28.3. The predicted octanol–water partition coefficient (Wildman–Crippen LogP) is 3.58. The van der Waals surface area contributed by atoms with E-state index in [1.807, 2.05) is 4.90 Å². The highest BCUT2D eigenvalue weighted by atomic mass is 19.1. The van der Waals surface area contributed by atoms with Crippen molar-refractivity contribution >= 4 is 39.9 Å². The number of aromatic nitrogens is 1. The molecule has 13 heteroatoms. The van der Waals surface area contributed by atoms with Gasteiger partial charge in [0.25, 0.3) is 5.91 Å². The molecule has 0 radical (unpaired) electrons. The Bertz CT molecular complexity index is 1800. The highest BCUT2D eigenvalue weighted by molar-refractivity contribution is 6.54. The van der Waals surface area contributed by atoms with E-state index in [9.17, 15) is 23.9 Å². The number of carboxylic acid groups (broad SMARTS) is 1. The van der Waals surface area contributed by atoms with Gasteiger partial charge in [0.2, 0.25) is 5.43 Å². The maximum atomic E-state index is 16.0. The number of oxime groups is 1. The zero-order valence-corrected chi connectivity index (χ0v) is 24.3. The van der Waals surface area contributed by atoms with Gasteiger partial charge in [-0.05, 0) is 55.9 Å². The van der Waals surface area contributed by atoms with Crippen LogP contribution in [0.4, 0.5) is 20.2 Å². The fraction of sp³-hybridized carbons (Fsp3) is 0.419. The van der Waals surface area contributed by atoms with Gasteiger partial charge in [-0.1, -0.05) is 5.16 Å². The van der Waals surface area contributed by atoms with E-state index in [4.69, 9.17) is 9.57 Å². The molecule has 2 saturated heterocycles. The average molecular weight is 608 g/mol. The van der Waals surface area contributed by atoms with Gasteiger partial charge in [-0.25, -0.2) is 13.6 Å². The van der Waals surface area contributed by atoms with Crippen molar-refractivity contribution in [1.29, 1.82) is 0 Å². The minimum Gasteiger partial charge on any atom is -0.492 e. The van der Waals surface area contributed by atoms with Gasteiger partial charge in [-0.2, -0.15) is 0 Å². The summed E-state index contributed by atoms with van der Waals surface area (Å²) >= 11 is 0. The molecule has 1 amide bonds. The van der Waals surface area contributed by atoms with Crippen LogP contribution in [0.15, 0.2) is 40.4 Å². The Hall–Kier alpha value is -4.52. The number of carbonyl (C=O) groups excluding carboxylic acids is 1. The van der Waals surface area contributed by atoms with Crippen molar-refractivity contribution in [2.24, 2.45) is 11.1 Å². The second kappa shape index (κ2) is 10.6. The Balaban J connectivity index is 1.24. The standard InChI is InChI=1S/C31H31F2N5O6/c1-43-29-26-20(28(39)21(31(41)42)13-37(26)18-6-7-18)11-22(33)27(29)36-12-16-4-3-9-35(24(16)14-36)15-38-23-8-5-17(32)10-19(23)25(30(38)40)34-44-2/h5,8,10-11,13,16,18,24H,3-4,6-7,9,12,14-15H2,1-2H3,(H,41,42)/b34-25-/t16-,24+/m0/s1. The summed E-state index contributed by atoms with van der Waals surface area (Å²) in [4.78, 5) is 48.9. The van der Waals surface area contributed by atoms with Crippen LogP contribution in [0.1, 0.15) is 47.6 Å². The Morgan fingerprint density at radius 1 is 1.11 bits per heavy atom. The van der Waals surface area contributed by atoms with Gasteiger partial charge in [0.15, 0.2) is 17.3 Å². The molecular weight excluding hydrogens is 576 g/mol. The second-order valence-corrected chi connectivity index (χ2v) is 11.8. The zero-order valence-electron chi connectivity index (χ0n) is 24.3. The Kier molecular flexibility index (Phi) is 6.80. The number of carboxylic acids is 1. The number of benzene rings is 2. The minimum atomic E-state index is -1.36. The van der Waals surface area contributed by atoms with Gasteiger partial charge >= 0.3 is 5.97 Å². The van der Waals surface area contributed by atoms with Gasteiger partial charge in [0, 0.05) is 43.5 Å². The van der Waals surface area contributed by atoms with E-state index < -0.39 is 28.6 Å². The number of hydrogen-bond donors (Lipinski definition) is 1. The quantitative estimate of drug-likeness (QED) is 0.406. The normalized spacial score (nSPS) is 22.5. The molecule has 3 aliphatic heterocycles. The monoisotopic (exact) mass is 607 g/mol. The van der Waals surface area contributed by atoms with Crippen LogP contribution in [0.25, 0.3) is 10.9 Å². The van der Waals surface area contributed by atoms with E-state index >= 15 is 4.39 Å². The number of aromatic carboxylic acids is 1. The number of hydrogen-bond acceptors (Lipinski definition) is 8. The van der Waals surface area contributed by atoms with Crippen LogP contribution < -0.4 is 20.0 Å². The summed E-state index contributed by atoms with van der Waals surface area (Å²) in [6, 6.07) is 5.26. The number of nitrogens with zero attached hydrogens (tertiary/aromatic N) is 5. The van der Waals surface area contributed by atoms with E-state index in [0.717, 1.165) is 31.7 Å². The van der Waals surface area contributed by atoms with Crippen LogP contribution in [0.2, 0.25) is 0 Å². The summed E-state index contributed by atoms with van der Waals surface area (Å²) in [6.45, 7) is 1.93. The van der Waals surface area contributed by atoms with E-state index in [-0.39, 0.29) is 53.1 Å². The number of rotatable bonds is 7. The van der Waals surface area contributed by atoms with E-state index in [0.29, 0.717) is 36.4 Å². The van der Waals surface area contributed by atoms with Crippen molar-refractivity contribution in [3.05, 3.63) is 63.4 Å². The third-order valence-corrected chi connectivity index (χ3v) is 9.24. The largest absolute Gasteiger partial charge is 0.492 e. The number of amides is 1. The lowest BCUT2D eigenvalue weighted by Crippen LogP contribution is -2.51. The SMILES string of the molecule is CO/N=C1\C(=O)N(CN2CCC[C@H]3CN(c4c(F)cc5c(=O)c(C(=O)O)cn(C6CC6)c5c4OC)C[C@H]32)c2ccc(F)cc21. The molecule has 7 rings (SSSR count). The second-order valence-electron chi connectivity index (χ2n) is 11.8. The third-order valence-electron chi connectivity index (χ3n) is 9.24. The minimum absolute atomic E-state index is 0.000880. The highest BCUT2D eigenvalue weighted by Gasteiger charge is 2.44. The smallest absolute Gasteiger partial charge is 0.341 e. The fourth-order valence-electron chi connectivity index (χ4n) is 7.14. The summed E-state index contributed by atoms with van der Waals surface area (Å²) < 4.78 is 37.6. The summed E-state index contributed by atoms with van der Waals surface area (Å²) in [6.07, 6.45) is 4.77. The maximum Gasteiger partial charge on any atom is 0.341 e. The molecule has 0 bridgehead atoms. The topological polar surface area (TPSA) is 117 Å². The van der Waals surface area contributed by atoms with Crippen LogP contribution in [0, 0.1) is 17.6 Å². The Morgan fingerprint density at radius 3 is 2.61 bits per heavy atom. The zero-order chi connectivity index (χ0) is 30.9. The molecule has 0 spiro atoms. The van der Waals surface area contributed by atoms with Crippen molar-refractivity contribution in [2.75, 3.05) is 50.3 Å². The molecule has 1 saturated carbocycles. The molecule has 3 fully saturated rings. The van der Waals surface area contributed by atoms with Crippen molar-refractivity contribution in [3.8, 4) is 5.75 Å². The van der Waals surface area contributed by atoms with Crippen LogP contribution in [0.5, 0.6) is 5.75 Å². The summed E-state index contributed by atoms with van der Waals surface area (Å²) in [5.41, 5.74) is 0.435. The average Bonchev–Trinajstić information content (AvgIpc) is 3.70. The lowest BCUT2D eigenvalue weighted by Gasteiger charge is -2.38. The lowest BCUT2D eigenvalue weighted by molar-refractivity contribution is -0.113. The molecule has 44 heavy (non-hydrogen) atoms. The van der Waals surface area contributed by atoms with Crippen LogP contribution in [-0.4, -0.2) is 78.7 Å². The number of methoxy groups -OCH3 is 1. The Labute approximate surface area is 250 Å². The van der Waals surface area contributed by atoms with Crippen molar-refractivity contribution < 1.29 is 33.1 Å². The Morgan fingerprint density at radius 2 is 1.91 bits per heavy atom. The number of fused-ring (bicyclic) bond motifs is 3. The fourth-order valence-corrected chi connectivity index (χ4v) is 7.14. The third kappa shape index (κ3) is 4.40. The molecule has 230 valence electrons. The number of carbonyl (C=O) groups is 2. The predicted molar refractivity (Wildman–Crippen MR) is 158 cm³/mol. The summed E-state index contributed by atoms with van der Waals surface area (Å²) in [5.74, 6) is -2.51. The first-order chi connectivity index (χ1) is 21.2. The maximum absolute atomic E-state index is 16.0. The number of pyridine rings is 1. The molecule has 11 nitrogen and oxygen atoms in total. The summed E-state index contributed by atoms with van der Waals surface area (Å²) in [7, 11) is 2.76. The van der Waals surface area contributed by atoms with Crippen molar-refractivity contribution in [3.63, 3.8) is 0 Å². The van der Waals surface area contributed by atoms with E-state index in [1.165, 1.54) is 32.5 Å². The number of anilines is 2. The van der Waals surface area contributed by atoms with Crippen LogP contribution in [-0.2, 0) is 9.63 Å². The molecular formula is C31H31F2N5O6.